The maximum absolute atomic E-state index is 5.96. The molecule has 19 heavy (non-hydrogen) atoms. The first kappa shape index (κ1) is 13.8. The smallest absolute Gasteiger partial charge is 0.135 e. The lowest BCUT2D eigenvalue weighted by Crippen LogP contribution is -2.27. The first-order valence-corrected chi connectivity index (χ1v) is 6.64. The standard InChI is InChI=1S/C16H22O3/c1-11(2)10-18-12-8-14(17-5)13-6-7-16(3,4)19-15(13)9-12/h6-9,11H,10H2,1-5H3. The van der Waals surface area contributed by atoms with Gasteiger partial charge >= 0.3 is 0 Å². The normalized spacial score (nSPS) is 15.9. The van der Waals surface area contributed by atoms with Gasteiger partial charge in [-0.25, -0.2) is 0 Å². The van der Waals surface area contributed by atoms with Gasteiger partial charge in [0, 0.05) is 12.1 Å². The maximum atomic E-state index is 5.96. The molecule has 0 spiro atoms. The molecule has 1 aliphatic heterocycles. The van der Waals surface area contributed by atoms with Crippen LogP contribution in [0.25, 0.3) is 6.08 Å². The second-order valence-corrected chi connectivity index (χ2v) is 5.78. The van der Waals surface area contributed by atoms with E-state index in [4.69, 9.17) is 14.2 Å². The van der Waals surface area contributed by atoms with Crippen LogP contribution in [0.4, 0.5) is 0 Å². The summed E-state index contributed by atoms with van der Waals surface area (Å²) < 4.78 is 17.1. The first-order valence-electron chi connectivity index (χ1n) is 6.64. The topological polar surface area (TPSA) is 27.7 Å². The van der Waals surface area contributed by atoms with Crippen molar-refractivity contribution in [2.45, 2.75) is 33.3 Å². The summed E-state index contributed by atoms with van der Waals surface area (Å²) >= 11 is 0. The predicted molar refractivity (Wildman–Crippen MR) is 77.1 cm³/mol. The second kappa shape index (κ2) is 5.16. The number of hydrogen-bond acceptors (Lipinski definition) is 3. The summed E-state index contributed by atoms with van der Waals surface area (Å²) in [6, 6.07) is 3.85. The predicted octanol–water partition coefficient (Wildman–Crippen LogP) is 3.91. The number of ether oxygens (including phenoxy) is 3. The van der Waals surface area contributed by atoms with Crippen LogP contribution in [0.15, 0.2) is 18.2 Å². The van der Waals surface area contributed by atoms with Crippen molar-refractivity contribution in [3.63, 3.8) is 0 Å². The Morgan fingerprint density at radius 3 is 2.63 bits per heavy atom. The average Bonchev–Trinajstić information content (AvgIpc) is 2.33. The van der Waals surface area contributed by atoms with E-state index in [0.29, 0.717) is 12.5 Å². The molecule has 0 saturated heterocycles. The molecule has 3 heteroatoms. The van der Waals surface area contributed by atoms with Crippen LogP contribution >= 0.6 is 0 Å². The van der Waals surface area contributed by atoms with Gasteiger partial charge in [0.05, 0.1) is 19.3 Å². The van der Waals surface area contributed by atoms with Crippen molar-refractivity contribution in [1.29, 1.82) is 0 Å². The van der Waals surface area contributed by atoms with Crippen molar-refractivity contribution in [3.05, 3.63) is 23.8 Å². The Balaban J connectivity index is 2.33. The number of benzene rings is 1. The van der Waals surface area contributed by atoms with Gasteiger partial charge in [-0.05, 0) is 31.9 Å². The molecule has 1 aromatic carbocycles. The van der Waals surface area contributed by atoms with E-state index in [1.165, 1.54) is 0 Å². The fourth-order valence-corrected chi connectivity index (χ4v) is 1.94. The Morgan fingerprint density at radius 1 is 1.26 bits per heavy atom. The van der Waals surface area contributed by atoms with Gasteiger partial charge in [-0.15, -0.1) is 0 Å². The van der Waals surface area contributed by atoms with Gasteiger partial charge < -0.3 is 14.2 Å². The van der Waals surface area contributed by atoms with Crippen LogP contribution in [0.3, 0.4) is 0 Å². The Kier molecular flexibility index (Phi) is 3.74. The molecule has 0 atom stereocenters. The molecule has 0 amide bonds. The summed E-state index contributed by atoms with van der Waals surface area (Å²) in [5.74, 6) is 2.86. The molecule has 1 aromatic rings. The Labute approximate surface area is 115 Å². The van der Waals surface area contributed by atoms with Crippen molar-refractivity contribution in [2.24, 2.45) is 5.92 Å². The van der Waals surface area contributed by atoms with Gasteiger partial charge in [0.15, 0.2) is 0 Å². The van der Waals surface area contributed by atoms with E-state index < -0.39 is 0 Å². The molecular formula is C16H22O3. The third-order valence-electron chi connectivity index (χ3n) is 2.91. The minimum atomic E-state index is -0.297. The Hall–Kier alpha value is -1.64. The van der Waals surface area contributed by atoms with Crippen LogP contribution in [0, 0.1) is 5.92 Å². The minimum Gasteiger partial charge on any atom is -0.496 e. The summed E-state index contributed by atoms with van der Waals surface area (Å²) in [5, 5.41) is 0. The summed E-state index contributed by atoms with van der Waals surface area (Å²) in [5.41, 5.74) is 0.674. The summed E-state index contributed by atoms with van der Waals surface area (Å²) in [4.78, 5) is 0. The first-order chi connectivity index (χ1) is 8.91. The van der Waals surface area contributed by atoms with E-state index in [0.717, 1.165) is 22.8 Å². The van der Waals surface area contributed by atoms with Crippen molar-refractivity contribution in [2.75, 3.05) is 13.7 Å². The zero-order valence-corrected chi connectivity index (χ0v) is 12.3. The Bertz CT molecular complexity index is 487. The van der Waals surface area contributed by atoms with Gasteiger partial charge in [0.2, 0.25) is 0 Å². The van der Waals surface area contributed by atoms with Gasteiger partial charge in [0.1, 0.15) is 22.8 Å². The van der Waals surface area contributed by atoms with Crippen LogP contribution in [0.2, 0.25) is 0 Å². The van der Waals surface area contributed by atoms with Crippen molar-refractivity contribution < 1.29 is 14.2 Å². The van der Waals surface area contributed by atoms with Crippen LogP contribution in [-0.2, 0) is 0 Å². The lowest BCUT2D eigenvalue weighted by atomic mass is 10.0. The zero-order valence-electron chi connectivity index (χ0n) is 12.3. The summed E-state index contributed by atoms with van der Waals surface area (Å²) in [6.07, 6.45) is 4.08. The summed E-state index contributed by atoms with van der Waals surface area (Å²) in [6.45, 7) is 8.98. The molecule has 0 bridgehead atoms. The summed E-state index contributed by atoms with van der Waals surface area (Å²) in [7, 11) is 1.66. The van der Waals surface area contributed by atoms with Crippen LogP contribution in [-0.4, -0.2) is 19.3 Å². The van der Waals surface area contributed by atoms with Crippen LogP contribution in [0.1, 0.15) is 33.3 Å². The quantitative estimate of drug-likeness (QED) is 0.823. The Morgan fingerprint density at radius 2 is 2.00 bits per heavy atom. The average molecular weight is 262 g/mol. The highest BCUT2D eigenvalue weighted by atomic mass is 16.5. The number of rotatable bonds is 4. The van der Waals surface area contributed by atoms with Crippen molar-refractivity contribution >= 4 is 6.08 Å². The third kappa shape index (κ3) is 3.22. The molecule has 0 aliphatic carbocycles. The van der Waals surface area contributed by atoms with E-state index >= 15 is 0 Å². The molecule has 2 rings (SSSR count). The molecule has 1 heterocycles. The molecule has 0 fully saturated rings. The van der Waals surface area contributed by atoms with Gasteiger partial charge in [-0.2, -0.15) is 0 Å². The second-order valence-electron chi connectivity index (χ2n) is 5.78. The highest BCUT2D eigenvalue weighted by Gasteiger charge is 2.24. The SMILES string of the molecule is COc1cc(OCC(C)C)cc2c1C=CC(C)(C)O2. The largest absolute Gasteiger partial charge is 0.496 e. The van der Waals surface area contributed by atoms with E-state index in [1.54, 1.807) is 7.11 Å². The molecule has 0 N–H and O–H groups in total. The fraction of sp³-hybridized carbons (Fsp3) is 0.500. The lowest BCUT2D eigenvalue weighted by molar-refractivity contribution is 0.157. The zero-order chi connectivity index (χ0) is 14.0. The lowest BCUT2D eigenvalue weighted by Gasteiger charge is -2.29. The van der Waals surface area contributed by atoms with Crippen LogP contribution in [0.5, 0.6) is 17.2 Å². The van der Waals surface area contributed by atoms with Crippen LogP contribution < -0.4 is 14.2 Å². The monoisotopic (exact) mass is 262 g/mol. The van der Waals surface area contributed by atoms with Crippen molar-refractivity contribution in [1.82, 2.24) is 0 Å². The molecule has 0 saturated carbocycles. The molecule has 104 valence electrons. The van der Waals surface area contributed by atoms with Gasteiger partial charge in [-0.3, -0.25) is 0 Å². The van der Waals surface area contributed by atoms with E-state index in [1.807, 2.05) is 38.1 Å². The van der Waals surface area contributed by atoms with E-state index in [-0.39, 0.29) is 5.60 Å². The highest BCUT2D eigenvalue weighted by Crippen LogP contribution is 2.40. The molecule has 3 nitrogen and oxygen atoms in total. The number of hydrogen-bond donors (Lipinski definition) is 0. The molecule has 0 aromatic heterocycles. The number of methoxy groups -OCH3 is 1. The third-order valence-corrected chi connectivity index (χ3v) is 2.91. The molecule has 0 radical (unpaired) electrons. The van der Waals surface area contributed by atoms with E-state index in [9.17, 15) is 0 Å². The minimum absolute atomic E-state index is 0.297. The molecular weight excluding hydrogens is 240 g/mol. The molecule has 1 aliphatic rings. The maximum Gasteiger partial charge on any atom is 0.135 e. The highest BCUT2D eigenvalue weighted by molar-refractivity contribution is 5.69. The number of fused-ring (bicyclic) bond motifs is 1. The van der Waals surface area contributed by atoms with E-state index in [2.05, 4.69) is 13.8 Å². The molecule has 0 unspecified atom stereocenters. The fourth-order valence-electron chi connectivity index (χ4n) is 1.94. The van der Waals surface area contributed by atoms with Gasteiger partial charge in [0.25, 0.3) is 0 Å². The van der Waals surface area contributed by atoms with Gasteiger partial charge in [-0.1, -0.05) is 13.8 Å². The van der Waals surface area contributed by atoms with Crippen molar-refractivity contribution in [3.8, 4) is 17.2 Å².